The van der Waals surface area contributed by atoms with Crippen LogP contribution in [0.25, 0.3) is 11.1 Å². The molecule has 0 spiro atoms. The Hall–Kier alpha value is -2.33. The molecular weight excluding hydrogens is 364 g/mol. The maximum atomic E-state index is 12.3. The van der Waals surface area contributed by atoms with Gasteiger partial charge in [-0.2, -0.15) is 0 Å². The quantitative estimate of drug-likeness (QED) is 0.684. The first-order valence-corrected chi connectivity index (χ1v) is 10.9. The van der Waals surface area contributed by atoms with Crippen molar-refractivity contribution < 1.29 is 19.4 Å². The van der Waals surface area contributed by atoms with Crippen LogP contribution < -0.4 is 4.74 Å². The van der Waals surface area contributed by atoms with E-state index in [0.29, 0.717) is 18.4 Å². The fourth-order valence-electron chi connectivity index (χ4n) is 4.45. The predicted octanol–water partition coefficient (Wildman–Crippen LogP) is 5.42. The molecule has 29 heavy (non-hydrogen) atoms. The Bertz CT molecular complexity index is 940. The molecule has 0 aromatic heterocycles. The summed E-state index contributed by atoms with van der Waals surface area (Å²) in [6.07, 6.45) is 5.74. The number of hydrogen-bond donors (Lipinski definition) is 1. The molecule has 2 saturated carbocycles. The van der Waals surface area contributed by atoms with Gasteiger partial charge >= 0.3 is 5.97 Å². The van der Waals surface area contributed by atoms with Gasteiger partial charge in [-0.3, -0.25) is 0 Å². The molecule has 0 bridgehead atoms. The Morgan fingerprint density at radius 1 is 1.21 bits per heavy atom. The van der Waals surface area contributed by atoms with Crippen molar-refractivity contribution in [1.29, 1.82) is 0 Å². The van der Waals surface area contributed by atoms with E-state index < -0.39 is 12.1 Å². The molecule has 4 nitrogen and oxygen atoms in total. The van der Waals surface area contributed by atoms with E-state index in [1.807, 2.05) is 13.0 Å². The SMILES string of the molecule is Cc1ccc(C2CC2)c(-c2ccc3c(c2)CCCO3)c1C(OCC1CC1)C(=O)O. The first kappa shape index (κ1) is 18.7. The Balaban J connectivity index is 1.64. The average molecular weight is 392 g/mol. The van der Waals surface area contributed by atoms with Crippen LogP contribution in [0.1, 0.15) is 66.4 Å². The summed E-state index contributed by atoms with van der Waals surface area (Å²) in [7, 11) is 0. The number of ether oxygens (including phenoxy) is 2. The standard InChI is InChI=1S/C25H28O4/c1-15-4-10-20(17-7-8-17)23(19-9-11-21-18(13-19)3-2-12-28-21)22(15)24(25(26)27)29-14-16-5-6-16/h4,9-11,13,16-17,24H,2-3,5-8,12,14H2,1H3,(H,26,27). The van der Waals surface area contributed by atoms with Gasteiger partial charge in [0.2, 0.25) is 0 Å². The third kappa shape index (κ3) is 3.78. The highest BCUT2D eigenvalue weighted by molar-refractivity contribution is 5.83. The minimum absolute atomic E-state index is 0.521. The lowest BCUT2D eigenvalue weighted by Crippen LogP contribution is -2.19. The minimum Gasteiger partial charge on any atom is -0.493 e. The van der Waals surface area contributed by atoms with Crippen molar-refractivity contribution in [2.45, 2.75) is 57.5 Å². The molecule has 1 N–H and O–H groups in total. The summed E-state index contributed by atoms with van der Waals surface area (Å²) >= 11 is 0. The van der Waals surface area contributed by atoms with E-state index in [4.69, 9.17) is 9.47 Å². The van der Waals surface area contributed by atoms with E-state index in [9.17, 15) is 9.90 Å². The number of carboxylic acids is 1. The van der Waals surface area contributed by atoms with Gasteiger partial charge in [0.15, 0.2) is 6.10 Å². The van der Waals surface area contributed by atoms with Crippen molar-refractivity contribution in [2.75, 3.05) is 13.2 Å². The molecule has 2 aromatic rings. The van der Waals surface area contributed by atoms with Crippen molar-refractivity contribution in [3.8, 4) is 16.9 Å². The highest BCUT2D eigenvalue weighted by Gasteiger charge is 2.34. The summed E-state index contributed by atoms with van der Waals surface area (Å²) in [6, 6.07) is 10.6. The molecule has 1 aliphatic heterocycles. The Labute approximate surface area is 171 Å². The third-order valence-corrected chi connectivity index (χ3v) is 6.39. The topological polar surface area (TPSA) is 55.8 Å². The Morgan fingerprint density at radius 3 is 2.76 bits per heavy atom. The highest BCUT2D eigenvalue weighted by atomic mass is 16.5. The monoisotopic (exact) mass is 392 g/mol. The molecule has 1 unspecified atom stereocenters. The fraction of sp³-hybridized carbons (Fsp3) is 0.480. The van der Waals surface area contributed by atoms with E-state index in [2.05, 4.69) is 24.3 Å². The molecule has 0 saturated heterocycles. The van der Waals surface area contributed by atoms with Gasteiger partial charge in [0, 0.05) is 5.56 Å². The van der Waals surface area contributed by atoms with Crippen LogP contribution in [0.4, 0.5) is 0 Å². The van der Waals surface area contributed by atoms with Gasteiger partial charge in [-0.15, -0.1) is 0 Å². The first-order chi connectivity index (χ1) is 14.1. The zero-order chi connectivity index (χ0) is 20.0. The minimum atomic E-state index is -0.920. The largest absolute Gasteiger partial charge is 0.493 e. The summed E-state index contributed by atoms with van der Waals surface area (Å²) in [5.41, 5.74) is 6.47. The molecule has 1 heterocycles. The highest BCUT2D eigenvalue weighted by Crippen LogP contribution is 2.48. The van der Waals surface area contributed by atoms with Crippen LogP contribution in [0.2, 0.25) is 0 Å². The van der Waals surface area contributed by atoms with E-state index in [1.54, 1.807) is 0 Å². The zero-order valence-electron chi connectivity index (χ0n) is 16.9. The molecule has 4 heteroatoms. The average Bonchev–Trinajstić information content (AvgIpc) is 3.62. The van der Waals surface area contributed by atoms with Crippen LogP contribution >= 0.6 is 0 Å². The van der Waals surface area contributed by atoms with Gasteiger partial charge in [-0.05, 0) is 97.2 Å². The lowest BCUT2D eigenvalue weighted by atomic mass is 9.85. The number of aryl methyl sites for hydroxylation is 2. The number of rotatable bonds is 7. The molecule has 0 radical (unpaired) electrons. The van der Waals surface area contributed by atoms with Crippen molar-refractivity contribution in [2.24, 2.45) is 5.92 Å². The molecule has 152 valence electrons. The molecular formula is C25H28O4. The molecule has 5 rings (SSSR count). The fourth-order valence-corrected chi connectivity index (χ4v) is 4.45. The van der Waals surface area contributed by atoms with Gasteiger partial charge in [-0.1, -0.05) is 18.2 Å². The van der Waals surface area contributed by atoms with Crippen molar-refractivity contribution in [3.63, 3.8) is 0 Å². The van der Waals surface area contributed by atoms with Crippen molar-refractivity contribution >= 4 is 5.97 Å². The summed E-state index contributed by atoms with van der Waals surface area (Å²) < 4.78 is 11.8. The maximum absolute atomic E-state index is 12.3. The van der Waals surface area contributed by atoms with Crippen molar-refractivity contribution in [3.05, 3.63) is 52.6 Å². The second-order valence-electron chi connectivity index (χ2n) is 8.80. The number of fused-ring (bicyclic) bond motifs is 1. The van der Waals surface area contributed by atoms with Gasteiger partial charge in [0.1, 0.15) is 5.75 Å². The number of hydrogen-bond acceptors (Lipinski definition) is 3. The van der Waals surface area contributed by atoms with Crippen LogP contribution in [0.3, 0.4) is 0 Å². The number of carboxylic acid groups (broad SMARTS) is 1. The lowest BCUT2D eigenvalue weighted by Gasteiger charge is -2.24. The smallest absolute Gasteiger partial charge is 0.337 e. The first-order valence-electron chi connectivity index (χ1n) is 10.9. The molecule has 3 aliphatic rings. The number of carbonyl (C=O) groups is 1. The summed E-state index contributed by atoms with van der Waals surface area (Å²) in [6.45, 7) is 3.31. The number of aliphatic carboxylic acids is 1. The van der Waals surface area contributed by atoms with E-state index in [0.717, 1.165) is 60.3 Å². The molecule has 2 fully saturated rings. The van der Waals surface area contributed by atoms with Crippen LogP contribution in [0.15, 0.2) is 30.3 Å². The second-order valence-corrected chi connectivity index (χ2v) is 8.80. The predicted molar refractivity (Wildman–Crippen MR) is 111 cm³/mol. The molecule has 0 amide bonds. The van der Waals surface area contributed by atoms with Gasteiger partial charge in [0.05, 0.1) is 13.2 Å². The Morgan fingerprint density at radius 2 is 2.03 bits per heavy atom. The molecule has 2 aromatic carbocycles. The van der Waals surface area contributed by atoms with Crippen LogP contribution in [-0.2, 0) is 16.0 Å². The van der Waals surface area contributed by atoms with Crippen LogP contribution in [-0.4, -0.2) is 24.3 Å². The zero-order valence-corrected chi connectivity index (χ0v) is 16.9. The summed E-state index contributed by atoms with van der Waals surface area (Å²) in [5.74, 6) is 1.11. The maximum Gasteiger partial charge on any atom is 0.337 e. The molecule has 2 aliphatic carbocycles. The van der Waals surface area contributed by atoms with E-state index >= 15 is 0 Å². The normalized spacial score (nSPS) is 19.3. The Kier molecular flexibility index (Phi) is 4.83. The van der Waals surface area contributed by atoms with Gasteiger partial charge in [0.25, 0.3) is 0 Å². The van der Waals surface area contributed by atoms with E-state index in [1.165, 1.54) is 24.0 Å². The van der Waals surface area contributed by atoms with Crippen molar-refractivity contribution in [1.82, 2.24) is 0 Å². The van der Waals surface area contributed by atoms with Gasteiger partial charge < -0.3 is 14.6 Å². The van der Waals surface area contributed by atoms with E-state index in [-0.39, 0.29) is 0 Å². The third-order valence-electron chi connectivity index (χ3n) is 6.39. The van der Waals surface area contributed by atoms with Crippen LogP contribution in [0.5, 0.6) is 5.75 Å². The lowest BCUT2D eigenvalue weighted by molar-refractivity contribution is -0.151. The summed E-state index contributed by atoms with van der Waals surface area (Å²) in [4.78, 5) is 12.3. The van der Waals surface area contributed by atoms with Gasteiger partial charge in [-0.25, -0.2) is 4.79 Å². The summed E-state index contributed by atoms with van der Waals surface area (Å²) in [5, 5.41) is 10.0. The second kappa shape index (κ2) is 7.49. The molecule has 1 atom stereocenters. The van der Waals surface area contributed by atoms with Crippen LogP contribution in [0, 0.1) is 12.8 Å². The number of benzene rings is 2.